The highest BCUT2D eigenvalue weighted by molar-refractivity contribution is 6.22. The van der Waals surface area contributed by atoms with Crippen LogP contribution in [-0.4, -0.2) is 10.7 Å². The molecule has 1 heterocycles. The number of rotatable bonds is 8. The van der Waals surface area contributed by atoms with Crippen LogP contribution in [0.1, 0.15) is 54.5 Å². The third-order valence-electron chi connectivity index (χ3n) is 11.9. The molecule has 1 aliphatic rings. The van der Waals surface area contributed by atoms with Gasteiger partial charge in [0.25, 0.3) is 0 Å². The van der Waals surface area contributed by atoms with Crippen LogP contribution in [0.15, 0.2) is 187 Å². The van der Waals surface area contributed by atoms with E-state index in [9.17, 15) is 0 Å². The molecule has 0 radical (unpaired) electrons. The summed E-state index contributed by atoms with van der Waals surface area (Å²) in [5.74, 6) is 0. The van der Waals surface area contributed by atoms with E-state index in [2.05, 4.69) is 172 Å². The second kappa shape index (κ2) is 14.3. The lowest BCUT2D eigenvalue weighted by atomic mass is 9.87. The first-order valence-electron chi connectivity index (χ1n) is 20.1. The minimum Gasteiger partial charge on any atom is -0.256 e. The summed E-state index contributed by atoms with van der Waals surface area (Å²) in [6.45, 7) is 9.36. The zero-order chi connectivity index (χ0) is 38.5. The molecule has 0 amide bonds. The molecule has 10 rings (SSSR count). The number of aromatic nitrogens is 1. The predicted molar refractivity (Wildman–Crippen MR) is 244 cm³/mol. The monoisotopic (exact) mass is 730 g/mol. The van der Waals surface area contributed by atoms with E-state index in [0.717, 1.165) is 74.8 Å². The summed E-state index contributed by atoms with van der Waals surface area (Å²) >= 11 is 0. The lowest BCUT2D eigenvalue weighted by Gasteiger charge is -2.20. The van der Waals surface area contributed by atoms with Crippen LogP contribution < -0.4 is 0 Å². The number of aliphatic imine (C=N–C) groups is 1. The van der Waals surface area contributed by atoms with Gasteiger partial charge in [-0.25, -0.2) is 0 Å². The van der Waals surface area contributed by atoms with Crippen LogP contribution in [0.2, 0.25) is 0 Å². The summed E-state index contributed by atoms with van der Waals surface area (Å²) < 4.78 is 0. The molecule has 0 bridgehead atoms. The molecule has 2 nitrogen and oxygen atoms in total. The van der Waals surface area contributed by atoms with Crippen LogP contribution in [0.25, 0.3) is 76.7 Å². The summed E-state index contributed by atoms with van der Waals surface area (Å²) in [5, 5.41) is 8.40. The lowest BCUT2D eigenvalue weighted by molar-refractivity contribution is 1.15. The van der Waals surface area contributed by atoms with Gasteiger partial charge >= 0.3 is 0 Å². The number of allylic oxidation sites excluding steroid dienone is 2. The van der Waals surface area contributed by atoms with E-state index in [0.29, 0.717) is 0 Å². The molecular weight excluding hydrogens is 689 g/mol. The molecule has 2 heteroatoms. The van der Waals surface area contributed by atoms with Crippen LogP contribution in [0.4, 0.5) is 0 Å². The molecule has 0 unspecified atom stereocenters. The number of pyridine rings is 1. The first kappa shape index (κ1) is 34.6. The van der Waals surface area contributed by atoms with Crippen molar-refractivity contribution in [1.82, 2.24) is 4.98 Å². The van der Waals surface area contributed by atoms with Gasteiger partial charge in [0.15, 0.2) is 0 Å². The van der Waals surface area contributed by atoms with E-state index >= 15 is 0 Å². The van der Waals surface area contributed by atoms with Crippen molar-refractivity contribution >= 4 is 60.2 Å². The summed E-state index contributed by atoms with van der Waals surface area (Å²) in [6, 6.07) is 59.4. The van der Waals surface area contributed by atoms with Crippen molar-refractivity contribution in [3.8, 4) is 22.3 Å². The molecule has 272 valence electrons. The van der Waals surface area contributed by atoms with Gasteiger partial charge in [0.2, 0.25) is 0 Å². The predicted octanol–water partition coefficient (Wildman–Crippen LogP) is 14.7. The van der Waals surface area contributed by atoms with E-state index in [1.54, 1.807) is 0 Å². The third-order valence-corrected chi connectivity index (χ3v) is 11.9. The Bertz CT molecular complexity index is 3140. The normalized spacial score (nSPS) is 12.9. The second-order valence-corrected chi connectivity index (χ2v) is 15.1. The molecule has 0 N–H and O–H groups in total. The molecule has 0 saturated carbocycles. The fourth-order valence-corrected chi connectivity index (χ4v) is 9.16. The quantitative estimate of drug-likeness (QED) is 0.0868. The molecule has 0 spiro atoms. The van der Waals surface area contributed by atoms with Crippen molar-refractivity contribution < 1.29 is 0 Å². The molecule has 0 saturated heterocycles. The highest BCUT2D eigenvalue weighted by Crippen LogP contribution is 2.45. The Balaban J connectivity index is 1.20. The number of hydrogen-bond donors (Lipinski definition) is 0. The Hall–Kier alpha value is -6.90. The van der Waals surface area contributed by atoms with E-state index in [-0.39, 0.29) is 0 Å². The number of benzene rings is 8. The smallest absolute Gasteiger partial charge is 0.0780 e. The maximum Gasteiger partial charge on any atom is 0.0780 e. The third kappa shape index (κ3) is 5.88. The number of fused-ring (bicyclic) bond motifs is 9. The first-order chi connectivity index (χ1) is 28.1. The van der Waals surface area contributed by atoms with E-state index in [4.69, 9.17) is 16.6 Å². The number of nitrogens with zero attached hydrogens (tertiary/aromatic N) is 2. The van der Waals surface area contributed by atoms with Gasteiger partial charge in [0, 0.05) is 33.8 Å². The summed E-state index contributed by atoms with van der Waals surface area (Å²) in [4.78, 5) is 10.6. The largest absolute Gasteiger partial charge is 0.256 e. The van der Waals surface area contributed by atoms with Crippen LogP contribution in [-0.2, 0) is 6.42 Å². The fourth-order valence-electron chi connectivity index (χ4n) is 9.16. The molecule has 9 aromatic rings. The fraction of sp³-hybridized carbons (Fsp3) is 0.0909. The summed E-state index contributed by atoms with van der Waals surface area (Å²) in [5.41, 5.74) is 16.3. The molecule has 8 aromatic carbocycles. The molecule has 0 aliphatic heterocycles. The minimum atomic E-state index is 0.773. The molecule has 0 atom stereocenters. The Kier molecular flexibility index (Phi) is 8.68. The maximum atomic E-state index is 5.77. The van der Waals surface area contributed by atoms with Crippen LogP contribution >= 0.6 is 0 Å². The van der Waals surface area contributed by atoms with Crippen LogP contribution in [0.3, 0.4) is 0 Å². The van der Waals surface area contributed by atoms with Crippen LogP contribution in [0, 0.1) is 0 Å². The topological polar surface area (TPSA) is 25.2 Å². The zero-order valence-electron chi connectivity index (χ0n) is 32.4. The molecule has 0 fully saturated rings. The van der Waals surface area contributed by atoms with Gasteiger partial charge in [-0.05, 0) is 114 Å². The Morgan fingerprint density at radius 2 is 1.28 bits per heavy atom. The lowest BCUT2D eigenvalue weighted by Crippen LogP contribution is -2.04. The van der Waals surface area contributed by atoms with Gasteiger partial charge in [-0.15, -0.1) is 0 Å². The summed E-state index contributed by atoms with van der Waals surface area (Å²) in [6.07, 6.45) is 4.38. The highest BCUT2D eigenvalue weighted by atomic mass is 14.8. The number of hydrogen-bond acceptors (Lipinski definition) is 2. The van der Waals surface area contributed by atoms with Gasteiger partial charge < -0.3 is 0 Å². The molecule has 1 aromatic heterocycles. The minimum absolute atomic E-state index is 0.773. The molecule has 57 heavy (non-hydrogen) atoms. The maximum absolute atomic E-state index is 5.77. The van der Waals surface area contributed by atoms with Crippen molar-refractivity contribution in [2.75, 3.05) is 0 Å². The van der Waals surface area contributed by atoms with Gasteiger partial charge in [-0.3, -0.25) is 9.98 Å². The van der Waals surface area contributed by atoms with Crippen molar-refractivity contribution in [3.63, 3.8) is 0 Å². The van der Waals surface area contributed by atoms with Gasteiger partial charge in [-0.1, -0.05) is 166 Å². The van der Waals surface area contributed by atoms with Gasteiger partial charge in [0.05, 0.1) is 11.2 Å². The van der Waals surface area contributed by atoms with Crippen molar-refractivity contribution in [3.05, 3.63) is 210 Å². The molecular formula is C55H42N2. The van der Waals surface area contributed by atoms with Crippen molar-refractivity contribution in [1.29, 1.82) is 0 Å². The zero-order valence-corrected chi connectivity index (χ0v) is 32.4. The second-order valence-electron chi connectivity index (χ2n) is 15.1. The standard InChI is InChI=1S/C55H42N2/c1-4-43(35(3)38-20-12-21-40(32-38)50-34-42-23-15-31-56-54(42)49-30-29-37-17-7-10-25-45(37)53(49)50)55(48-28-14-22-41-33-39-18-8-11-26-46(39)52(41)48)57-51(5-2)47-27-13-19-36-16-6-9-24-44(36)47/h6-32,34H,3-5,33H2,1-2H3/b55-43-,57-51?. The summed E-state index contributed by atoms with van der Waals surface area (Å²) in [7, 11) is 0. The average molecular weight is 731 g/mol. The van der Waals surface area contributed by atoms with Gasteiger partial charge in [-0.2, -0.15) is 0 Å². The Morgan fingerprint density at radius 1 is 0.579 bits per heavy atom. The van der Waals surface area contributed by atoms with E-state index < -0.39 is 0 Å². The molecule has 1 aliphatic carbocycles. The van der Waals surface area contributed by atoms with Gasteiger partial charge in [0.1, 0.15) is 0 Å². The Morgan fingerprint density at radius 3 is 2.14 bits per heavy atom. The van der Waals surface area contributed by atoms with Crippen LogP contribution in [0.5, 0.6) is 0 Å². The van der Waals surface area contributed by atoms with Crippen molar-refractivity contribution in [2.45, 2.75) is 33.1 Å². The highest BCUT2D eigenvalue weighted by Gasteiger charge is 2.25. The van der Waals surface area contributed by atoms with E-state index in [1.807, 2.05) is 12.3 Å². The van der Waals surface area contributed by atoms with E-state index in [1.165, 1.54) is 60.3 Å². The Labute approximate surface area is 334 Å². The SMILES string of the molecule is C=C(/C(CC)=C(\N=C(CC)c1cccc2ccccc12)c1cccc2c1-c1ccccc1C2)c1cccc(-c2cc3cccnc3c3ccc4ccccc4c23)c1. The van der Waals surface area contributed by atoms with Crippen molar-refractivity contribution in [2.24, 2.45) is 4.99 Å². The average Bonchev–Trinajstić information content (AvgIpc) is 3.66. The first-order valence-corrected chi connectivity index (χ1v) is 20.1.